The predicted molar refractivity (Wildman–Crippen MR) is 72.5 cm³/mol. The zero-order valence-corrected chi connectivity index (χ0v) is 10.7. The third-order valence-corrected chi connectivity index (χ3v) is 3.54. The Balaban J connectivity index is 2.08. The van der Waals surface area contributed by atoms with Gasteiger partial charge in [0.2, 0.25) is 0 Å². The molecule has 1 fully saturated rings. The fourth-order valence-electron chi connectivity index (χ4n) is 2.52. The molecule has 0 radical (unpaired) electrons. The number of hydrogen-bond acceptors (Lipinski definition) is 3. The summed E-state index contributed by atoms with van der Waals surface area (Å²) < 4.78 is 0. The molecule has 0 heterocycles. The van der Waals surface area contributed by atoms with Gasteiger partial charge in [-0.25, -0.2) is 0 Å². The minimum atomic E-state index is 0.0462. The van der Waals surface area contributed by atoms with E-state index in [0.717, 1.165) is 19.0 Å². The van der Waals surface area contributed by atoms with Gasteiger partial charge in [-0.2, -0.15) is 0 Å². The van der Waals surface area contributed by atoms with Gasteiger partial charge < -0.3 is 16.4 Å². The molecule has 0 spiro atoms. The van der Waals surface area contributed by atoms with Gasteiger partial charge in [-0.3, -0.25) is 0 Å². The molecule has 1 saturated carbocycles. The lowest BCUT2D eigenvalue weighted by atomic mass is 9.91. The van der Waals surface area contributed by atoms with Crippen LogP contribution >= 0.6 is 0 Å². The van der Waals surface area contributed by atoms with Crippen LogP contribution in [-0.4, -0.2) is 26.2 Å². The van der Waals surface area contributed by atoms with E-state index in [-0.39, 0.29) is 6.04 Å². The Kier molecular flexibility index (Phi) is 4.02. The van der Waals surface area contributed by atoms with Crippen molar-refractivity contribution in [3.8, 4) is 0 Å². The largest absolute Gasteiger partial charge is 0.391 e. The van der Waals surface area contributed by atoms with Crippen molar-refractivity contribution in [2.24, 2.45) is 17.6 Å². The molecule has 0 bridgehead atoms. The maximum Gasteiger partial charge on any atom is 0.0501 e. The van der Waals surface area contributed by atoms with E-state index in [1.807, 2.05) is 7.05 Å². The van der Waals surface area contributed by atoms with E-state index in [1.54, 1.807) is 0 Å². The van der Waals surface area contributed by atoms with Crippen LogP contribution in [-0.2, 0) is 0 Å². The van der Waals surface area contributed by atoms with Gasteiger partial charge in [0.05, 0.1) is 6.04 Å². The fraction of sp³-hybridized carbons (Fsp3) is 0.571. The van der Waals surface area contributed by atoms with E-state index in [2.05, 4.69) is 42.0 Å². The summed E-state index contributed by atoms with van der Waals surface area (Å²) >= 11 is 0. The van der Waals surface area contributed by atoms with Gasteiger partial charge in [-0.1, -0.05) is 18.2 Å². The Bertz CT molecular complexity index is 354. The van der Waals surface area contributed by atoms with Crippen molar-refractivity contribution >= 4 is 0 Å². The van der Waals surface area contributed by atoms with Crippen molar-refractivity contribution in [3.63, 3.8) is 0 Å². The first-order valence-corrected chi connectivity index (χ1v) is 6.50. The topological polar surface area (TPSA) is 50.1 Å². The fourth-order valence-corrected chi connectivity index (χ4v) is 2.52. The highest BCUT2D eigenvalue weighted by molar-refractivity contribution is 5.47. The van der Waals surface area contributed by atoms with Crippen molar-refractivity contribution in [3.05, 3.63) is 35.6 Å². The van der Waals surface area contributed by atoms with Gasteiger partial charge >= 0.3 is 0 Å². The lowest BCUT2D eigenvalue weighted by Gasteiger charge is -2.20. The molecule has 0 aliphatic heterocycles. The Morgan fingerprint density at radius 1 is 1.53 bits per heavy atom. The standard InChI is InChI=1S/C14H23N3/c1-3-17-9-13-11(5-4-6-14(13)15)12-7-10(12)8-16-2/h4-6,9-10,12,14,16-17H,3,7-8,15H2,1-2H3/b13-9-. The summed E-state index contributed by atoms with van der Waals surface area (Å²) in [5.41, 5.74) is 8.84. The molecule has 4 N–H and O–H groups in total. The number of hydrogen-bond donors (Lipinski definition) is 3. The average Bonchev–Trinajstić information content (AvgIpc) is 3.07. The molecule has 2 aliphatic rings. The predicted octanol–water partition coefficient (Wildman–Crippen LogP) is 1.16. The second kappa shape index (κ2) is 5.52. The molecule has 0 aromatic heterocycles. The highest BCUT2D eigenvalue weighted by atomic mass is 14.8. The first-order chi connectivity index (χ1) is 8.27. The summed E-state index contributed by atoms with van der Waals surface area (Å²) in [7, 11) is 2.02. The van der Waals surface area contributed by atoms with Gasteiger partial charge in [0.25, 0.3) is 0 Å². The summed E-state index contributed by atoms with van der Waals surface area (Å²) in [5.74, 6) is 1.48. The van der Waals surface area contributed by atoms with Crippen molar-refractivity contribution in [2.45, 2.75) is 19.4 Å². The second-order valence-corrected chi connectivity index (χ2v) is 4.85. The van der Waals surface area contributed by atoms with Gasteiger partial charge in [0.15, 0.2) is 0 Å². The zero-order chi connectivity index (χ0) is 12.3. The summed E-state index contributed by atoms with van der Waals surface area (Å²) in [6.45, 7) is 4.15. The second-order valence-electron chi connectivity index (χ2n) is 4.85. The Morgan fingerprint density at radius 2 is 2.35 bits per heavy atom. The lowest BCUT2D eigenvalue weighted by Crippen LogP contribution is -2.26. The van der Waals surface area contributed by atoms with E-state index in [9.17, 15) is 0 Å². The van der Waals surface area contributed by atoms with Crippen LogP contribution in [0.1, 0.15) is 13.3 Å². The van der Waals surface area contributed by atoms with Crippen molar-refractivity contribution < 1.29 is 0 Å². The number of nitrogens with one attached hydrogen (secondary N) is 2. The molecule has 17 heavy (non-hydrogen) atoms. The van der Waals surface area contributed by atoms with Crippen molar-refractivity contribution in [1.29, 1.82) is 0 Å². The van der Waals surface area contributed by atoms with Crippen LogP contribution < -0.4 is 16.4 Å². The molecule has 0 amide bonds. The van der Waals surface area contributed by atoms with Crippen LogP contribution in [0.4, 0.5) is 0 Å². The molecule has 3 heteroatoms. The van der Waals surface area contributed by atoms with Crippen LogP contribution in [0.3, 0.4) is 0 Å². The maximum absolute atomic E-state index is 6.14. The van der Waals surface area contributed by atoms with E-state index < -0.39 is 0 Å². The molecule has 0 saturated heterocycles. The Morgan fingerprint density at radius 3 is 3.06 bits per heavy atom. The van der Waals surface area contributed by atoms with Gasteiger partial charge in [-0.05, 0) is 49.9 Å². The molecule has 0 aromatic rings. The third kappa shape index (κ3) is 2.79. The lowest BCUT2D eigenvalue weighted by molar-refractivity contribution is 0.677. The average molecular weight is 233 g/mol. The normalized spacial score (nSPS) is 33.7. The highest BCUT2D eigenvalue weighted by Crippen LogP contribution is 2.47. The molecule has 2 rings (SSSR count). The van der Waals surface area contributed by atoms with Gasteiger partial charge in [0.1, 0.15) is 0 Å². The van der Waals surface area contributed by atoms with E-state index >= 15 is 0 Å². The Hall–Kier alpha value is -1.06. The monoisotopic (exact) mass is 233 g/mol. The third-order valence-electron chi connectivity index (χ3n) is 3.54. The van der Waals surface area contributed by atoms with Crippen molar-refractivity contribution in [2.75, 3.05) is 20.1 Å². The molecule has 94 valence electrons. The smallest absolute Gasteiger partial charge is 0.0501 e. The van der Waals surface area contributed by atoms with Gasteiger partial charge in [0, 0.05) is 12.7 Å². The van der Waals surface area contributed by atoms with Crippen LogP contribution in [0, 0.1) is 11.8 Å². The summed E-state index contributed by atoms with van der Waals surface area (Å²) in [5, 5.41) is 6.53. The molecule has 3 atom stereocenters. The molecule has 3 nitrogen and oxygen atoms in total. The van der Waals surface area contributed by atoms with Crippen LogP contribution in [0.15, 0.2) is 35.6 Å². The first-order valence-electron chi connectivity index (χ1n) is 6.50. The molecule has 3 unspecified atom stereocenters. The Labute approximate surface area is 104 Å². The number of rotatable bonds is 5. The molecule has 0 aromatic carbocycles. The molecular formula is C14H23N3. The molecular weight excluding hydrogens is 210 g/mol. The number of nitrogens with two attached hydrogens (primary N) is 1. The van der Waals surface area contributed by atoms with Crippen LogP contribution in [0.2, 0.25) is 0 Å². The summed E-state index contributed by atoms with van der Waals surface area (Å²) in [4.78, 5) is 0. The van der Waals surface area contributed by atoms with E-state index in [1.165, 1.54) is 17.6 Å². The number of allylic oxidation sites excluding steroid dienone is 2. The van der Waals surface area contributed by atoms with E-state index in [4.69, 9.17) is 5.73 Å². The first kappa shape index (κ1) is 12.4. The summed E-state index contributed by atoms with van der Waals surface area (Å²) in [6.07, 6.45) is 9.76. The highest BCUT2D eigenvalue weighted by Gasteiger charge is 2.40. The summed E-state index contributed by atoms with van der Waals surface area (Å²) in [6, 6.07) is 0.0462. The van der Waals surface area contributed by atoms with Gasteiger partial charge in [-0.15, -0.1) is 0 Å². The van der Waals surface area contributed by atoms with Crippen LogP contribution in [0.25, 0.3) is 0 Å². The van der Waals surface area contributed by atoms with Crippen LogP contribution in [0.5, 0.6) is 0 Å². The van der Waals surface area contributed by atoms with Crippen molar-refractivity contribution in [1.82, 2.24) is 10.6 Å². The van der Waals surface area contributed by atoms with E-state index in [0.29, 0.717) is 5.92 Å². The minimum absolute atomic E-state index is 0.0462. The molecule has 2 aliphatic carbocycles. The quantitative estimate of drug-likeness (QED) is 0.668. The zero-order valence-electron chi connectivity index (χ0n) is 10.7. The SMILES string of the molecule is CCN/C=C1/C(C2CC2CNC)=CC=CC1N. The minimum Gasteiger partial charge on any atom is -0.391 e. The maximum atomic E-state index is 6.14.